The summed E-state index contributed by atoms with van der Waals surface area (Å²) in [6, 6.07) is 0. The van der Waals surface area contributed by atoms with Crippen LogP contribution in [0.15, 0.2) is 77.8 Å². The molecule has 0 aliphatic carbocycles. The van der Waals surface area contributed by atoms with Crippen molar-refractivity contribution in [3.05, 3.63) is 77.8 Å². The van der Waals surface area contributed by atoms with E-state index in [1.807, 2.05) is 0 Å². The minimum Gasteiger partial charge on any atom is -0.459 e. The fourth-order valence-corrected chi connectivity index (χ4v) is 1.27. The van der Waals surface area contributed by atoms with Crippen molar-refractivity contribution in [2.75, 3.05) is 26.4 Å². The monoisotopic (exact) mass is 426 g/mol. The van der Waals surface area contributed by atoms with Gasteiger partial charge in [-0.05, 0) is 41.0 Å². The highest BCUT2D eigenvalue weighted by atomic mass is 16.6. The van der Waals surface area contributed by atoms with E-state index in [9.17, 15) is 19.2 Å². The number of carbonyl (C=O) groups excluding carboxylic acids is 4. The average molecular weight is 426 g/mol. The fraction of sp³-hybridized carbons (Fsp3) is 0.190. The van der Waals surface area contributed by atoms with Gasteiger partial charge in [0.15, 0.2) is 5.82 Å². The van der Waals surface area contributed by atoms with E-state index in [1.54, 1.807) is 0 Å². The molecule has 0 aliphatic rings. The van der Waals surface area contributed by atoms with Gasteiger partial charge < -0.3 is 18.9 Å². The third kappa shape index (κ3) is 15.9. The van der Waals surface area contributed by atoms with Gasteiger partial charge in [-0.1, -0.05) is 18.9 Å². The molecule has 0 saturated carbocycles. The van der Waals surface area contributed by atoms with Crippen LogP contribution in [0, 0.1) is 0 Å². The summed E-state index contributed by atoms with van der Waals surface area (Å²) < 4.78 is 18.8. The van der Waals surface area contributed by atoms with Crippen LogP contribution in [0.1, 0.15) is 0 Å². The summed E-state index contributed by atoms with van der Waals surface area (Å²) >= 11 is 0. The SMILES string of the molecule is C=C=C=C=C=C=C=C=C(NC(=O)OCCOC(=O)C=C)NC(=O)OCCOC(=O)C=C. The lowest BCUT2D eigenvalue weighted by molar-refractivity contribution is -0.139. The fourth-order valence-electron chi connectivity index (χ4n) is 1.27. The van der Waals surface area contributed by atoms with Gasteiger partial charge in [-0.25, -0.2) is 19.2 Å². The molecule has 0 saturated heterocycles. The van der Waals surface area contributed by atoms with E-state index in [0.717, 1.165) is 12.2 Å². The van der Waals surface area contributed by atoms with Crippen molar-refractivity contribution in [1.82, 2.24) is 10.6 Å². The first-order chi connectivity index (χ1) is 14.9. The molecule has 2 N–H and O–H groups in total. The highest BCUT2D eigenvalue weighted by Crippen LogP contribution is 1.89. The Morgan fingerprint density at radius 2 is 1.10 bits per heavy atom. The van der Waals surface area contributed by atoms with E-state index in [2.05, 4.69) is 80.0 Å². The molecule has 31 heavy (non-hydrogen) atoms. The molecule has 0 unspecified atom stereocenters. The van der Waals surface area contributed by atoms with Crippen molar-refractivity contribution < 1.29 is 38.1 Å². The number of alkyl carbamates (subject to hydrolysis) is 2. The third-order valence-electron chi connectivity index (χ3n) is 2.43. The average Bonchev–Trinajstić information content (AvgIpc) is 2.76. The lowest BCUT2D eigenvalue weighted by Gasteiger charge is -2.10. The largest absolute Gasteiger partial charge is 0.459 e. The van der Waals surface area contributed by atoms with E-state index >= 15 is 0 Å². The quantitative estimate of drug-likeness (QED) is 0.177. The summed E-state index contributed by atoms with van der Waals surface area (Å²) in [6.07, 6.45) is -0.108. The van der Waals surface area contributed by atoms with Gasteiger partial charge in [0.05, 0.1) is 0 Å². The van der Waals surface area contributed by atoms with E-state index in [4.69, 9.17) is 9.47 Å². The normalized spacial score (nSPS) is 7.87. The summed E-state index contributed by atoms with van der Waals surface area (Å²) in [7, 11) is 0. The van der Waals surface area contributed by atoms with E-state index in [1.165, 1.54) is 0 Å². The zero-order valence-corrected chi connectivity index (χ0v) is 16.4. The predicted octanol–water partition coefficient (Wildman–Crippen LogP) is 1.45. The second kappa shape index (κ2) is 17.3. The van der Waals surface area contributed by atoms with Crippen molar-refractivity contribution in [2.45, 2.75) is 0 Å². The summed E-state index contributed by atoms with van der Waals surface area (Å²) in [5.74, 6) is -1.68. The van der Waals surface area contributed by atoms with Gasteiger partial charge in [-0.15, -0.1) is 0 Å². The molecule has 10 nitrogen and oxygen atoms in total. The lowest BCUT2D eigenvalue weighted by atomic mass is 10.6. The van der Waals surface area contributed by atoms with Crippen LogP contribution in [0.2, 0.25) is 0 Å². The molecule has 0 spiro atoms. The molecule has 0 aromatic heterocycles. The Labute approximate surface area is 177 Å². The zero-order valence-electron chi connectivity index (χ0n) is 16.4. The first-order valence-corrected chi connectivity index (χ1v) is 8.29. The first-order valence-electron chi connectivity index (χ1n) is 8.29. The molecule has 0 rings (SSSR count). The van der Waals surface area contributed by atoms with Gasteiger partial charge in [0.25, 0.3) is 0 Å². The standard InChI is InChI=1S/C21H18N2O8/c1-4-7-8-9-10-11-12-17(22-20(26)30-15-13-28-18(24)5-2)23-21(27)31-16-14-29-19(25)6-3/h5-6H,1-3,13-16H2,(H,22,26)(H,23,27). The van der Waals surface area contributed by atoms with Crippen LogP contribution >= 0.6 is 0 Å². The minimum absolute atomic E-state index is 0.206. The maximum absolute atomic E-state index is 11.8. The van der Waals surface area contributed by atoms with Crippen LogP contribution in [-0.4, -0.2) is 50.6 Å². The topological polar surface area (TPSA) is 129 Å². The van der Waals surface area contributed by atoms with E-state index < -0.39 is 24.1 Å². The maximum Gasteiger partial charge on any atom is 0.413 e. The molecule has 0 heterocycles. The predicted molar refractivity (Wildman–Crippen MR) is 105 cm³/mol. The molecule has 160 valence electrons. The van der Waals surface area contributed by atoms with Crippen molar-refractivity contribution in [1.29, 1.82) is 0 Å². The number of ether oxygens (including phenoxy) is 4. The van der Waals surface area contributed by atoms with Crippen molar-refractivity contribution >= 4 is 24.1 Å². The van der Waals surface area contributed by atoms with Gasteiger partial charge >= 0.3 is 24.1 Å². The van der Waals surface area contributed by atoms with Crippen LogP contribution in [0.3, 0.4) is 0 Å². The summed E-state index contributed by atoms with van der Waals surface area (Å²) in [6.45, 7) is 8.75. The third-order valence-corrected chi connectivity index (χ3v) is 2.43. The van der Waals surface area contributed by atoms with Crippen molar-refractivity contribution in [3.63, 3.8) is 0 Å². The molecular weight excluding hydrogens is 408 g/mol. The van der Waals surface area contributed by atoms with Gasteiger partial charge in [0, 0.05) is 12.2 Å². The Balaban J connectivity index is 5.05. The summed E-state index contributed by atoms with van der Waals surface area (Å²) in [5, 5.41) is 4.31. The molecule has 0 aromatic carbocycles. The van der Waals surface area contributed by atoms with Crippen molar-refractivity contribution in [3.8, 4) is 0 Å². The van der Waals surface area contributed by atoms with Gasteiger partial charge in [-0.3, -0.25) is 10.6 Å². The molecule has 10 heteroatoms. The minimum atomic E-state index is -1.01. The number of rotatable bonds is 10. The van der Waals surface area contributed by atoms with E-state index in [-0.39, 0.29) is 32.2 Å². The molecule has 0 fully saturated rings. The zero-order chi connectivity index (χ0) is 23.3. The van der Waals surface area contributed by atoms with E-state index in [0.29, 0.717) is 0 Å². The van der Waals surface area contributed by atoms with Crippen LogP contribution in [0.25, 0.3) is 0 Å². The Bertz CT molecular complexity index is 938. The van der Waals surface area contributed by atoms with Crippen LogP contribution < -0.4 is 10.6 Å². The second-order valence-corrected chi connectivity index (χ2v) is 4.57. The molecule has 0 aliphatic heterocycles. The Kier molecular flexibility index (Phi) is 14.6. The number of carbonyl (C=O) groups is 4. The number of nitrogens with one attached hydrogen (secondary N) is 2. The van der Waals surface area contributed by atoms with Crippen LogP contribution in [0.4, 0.5) is 9.59 Å². The van der Waals surface area contributed by atoms with Crippen LogP contribution in [-0.2, 0) is 28.5 Å². The maximum atomic E-state index is 11.8. The Morgan fingerprint density at radius 1 is 0.677 bits per heavy atom. The van der Waals surface area contributed by atoms with Gasteiger partial charge in [0.2, 0.25) is 0 Å². The second-order valence-electron chi connectivity index (χ2n) is 4.57. The molecule has 0 radical (unpaired) electrons. The first kappa shape index (κ1) is 26.2. The number of hydrogen-bond donors (Lipinski definition) is 2. The highest BCUT2D eigenvalue weighted by Gasteiger charge is 2.10. The smallest absolute Gasteiger partial charge is 0.413 e. The molecular formula is C21H18N2O8. The lowest BCUT2D eigenvalue weighted by Crippen LogP contribution is -2.36. The molecule has 0 bridgehead atoms. The summed E-state index contributed by atoms with van der Waals surface area (Å²) in [5.41, 5.74) is 16.4. The van der Waals surface area contributed by atoms with Gasteiger partial charge in [-0.2, -0.15) is 0 Å². The summed E-state index contributed by atoms with van der Waals surface area (Å²) in [4.78, 5) is 45.3. The van der Waals surface area contributed by atoms with Crippen LogP contribution in [0.5, 0.6) is 0 Å². The molecule has 0 atom stereocenters. The Hall–Kier alpha value is -4.84. The Morgan fingerprint density at radius 3 is 1.55 bits per heavy atom. The number of esters is 2. The van der Waals surface area contributed by atoms with Crippen molar-refractivity contribution in [2.24, 2.45) is 0 Å². The number of amides is 2. The van der Waals surface area contributed by atoms with Gasteiger partial charge in [0.1, 0.15) is 26.4 Å². The number of hydrogen-bond acceptors (Lipinski definition) is 8. The molecule has 2 amide bonds. The molecule has 0 aromatic rings. The highest BCUT2D eigenvalue weighted by molar-refractivity contribution is 5.81.